The number of carbonyl (C=O) groups excluding carboxylic acids is 1. The number of alkyl halides is 6. The molecule has 0 aliphatic rings. The molecule has 0 aliphatic carbocycles. The first-order valence-corrected chi connectivity index (χ1v) is 5.71. The van der Waals surface area contributed by atoms with Gasteiger partial charge in [-0.2, -0.15) is 26.3 Å². The van der Waals surface area contributed by atoms with Crippen molar-refractivity contribution in [1.29, 1.82) is 0 Å². The van der Waals surface area contributed by atoms with E-state index in [1.165, 1.54) is 12.1 Å². The van der Waals surface area contributed by atoms with Crippen LogP contribution in [0.15, 0.2) is 24.3 Å². The van der Waals surface area contributed by atoms with Crippen molar-refractivity contribution in [3.8, 4) is 0 Å². The lowest BCUT2D eigenvalue weighted by Crippen LogP contribution is -2.41. The van der Waals surface area contributed by atoms with Crippen molar-refractivity contribution in [3.05, 3.63) is 35.4 Å². The Labute approximate surface area is 116 Å². The van der Waals surface area contributed by atoms with E-state index in [0.717, 1.165) is 24.1 Å². The molecule has 21 heavy (non-hydrogen) atoms. The van der Waals surface area contributed by atoms with Gasteiger partial charge in [0.2, 0.25) is 0 Å². The van der Waals surface area contributed by atoms with Crippen molar-refractivity contribution in [2.75, 3.05) is 13.6 Å². The van der Waals surface area contributed by atoms with E-state index >= 15 is 0 Å². The molecule has 0 aromatic heterocycles. The average Bonchev–Trinajstić information content (AvgIpc) is 2.34. The van der Waals surface area contributed by atoms with Crippen LogP contribution in [0.1, 0.15) is 11.1 Å². The molecule has 1 rings (SSSR count). The monoisotopic (exact) mass is 314 g/mol. The Balaban J connectivity index is 2.75. The molecular weight excluding hydrogens is 302 g/mol. The van der Waals surface area contributed by atoms with Crippen molar-refractivity contribution < 1.29 is 31.1 Å². The number of rotatable bonds is 3. The van der Waals surface area contributed by atoms with Gasteiger partial charge in [0.1, 0.15) is 6.54 Å². The van der Waals surface area contributed by atoms with Crippen molar-refractivity contribution in [3.63, 3.8) is 0 Å². The van der Waals surface area contributed by atoms with Crippen molar-refractivity contribution in [2.24, 2.45) is 0 Å². The molecule has 1 N–H and O–H groups in total. The standard InChI is InChI=1S/C12H12F6N2O/c1-20(10(21)19-7-11(13,14)15)6-8-4-2-3-5-9(8)12(16,17)18/h2-5H,6-7H2,1H3,(H,19,21). The molecule has 1 aromatic carbocycles. The quantitative estimate of drug-likeness (QED) is 0.852. The molecule has 0 fully saturated rings. The Morgan fingerprint density at radius 2 is 1.71 bits per heavy atom. The van der Waals surface area contributed by atoms with Gasteiger partial charge in [-0.15, -0.1) is 0 Å². The van der Waals surface area contributed by atoms with Gasteiger partial charge in [-0.25, -0.2) is 4.79 Å². The van der Waals surface area contributed by atoms with E-state index in [9.17, 15) is 31.1 Å². The average molecular weight is 314 g/mol. The minimum Gasteiger partial charge on any atom is -0.329 e. The maximum atomic E-state index is 12.7. The summed E-state index contributed by atoms with van der Waals surface area (Å²) in [5.74, 6) is 0. The molecule has 118 valence electrons. The predicted molar refractivity (Wildman–Crippen MR) is 62.4 cm³/mol. The van der Waals surface area contributed by atoms with Gasteiger partial charge >= 0.3 is 18.4 Å². The summed E-state index contributed by atoms with van der Waals surface area (Å²) in [6.45, 7) is -2.00. The molecular formula is C12H12F6N2O. The molecule has 1 aromatic rings. The zero-order valence-corrected chi connectivity index (χ0v) is 10.8. The van der Waals surface area contributed by atoms with Crippen LogP contribution in [0.5, 0.6) is 0 Å². The Bertz CT molecular complexity index is 497. The third kappa shape index (κ3) is 5.52. The molecule has 0 unspecified atom stereocenters. The molecule has 0 aliphatic heterocycles. The summed E-state index contributed by atoms with van der Waals surface area (Å²) in [5.41, 5.74) is -1.13. The fourth-order valence-corrected chi connectivity index (χ4v) is 1.57. The molecule has 2 amide bonds. The molecule has 9 heteroatoms. The first-order chi connectivity index (χ1) is 9.50. The highest BCUT2D eigenvalue weighted by Gasteiger charge is 2.33. The normalized spacial score (nSPS) is 12.1. The fraction of sp³-hybridized carbons (Fsp3) is 0.417. The SMILES string of the molecule is CN(Cc1ccccc1C(F)(F)F)C(=O)NCC(F)(F)F. The van der Waals surface area contributed by atoms with E-state index < -0.39 is 37.0 Å². The summed E-state index contributed by atoms with van der Waals surface area (Å²) in [4.78, 5) is 12.1. The predicted octanol–water partition coefficient (Wildman–Crippen LogP) is 3.41. The van der Waals surface area contributed by atoms with Crippen LogP contribution in [0.25, 0.3) is 0 Å². The fourth-order valence-electron chi connectivity index (χ4n) is 1.57. The molecule has 0 saturated heterocycles. The summed E-state index contributed by atoms with van der Waals surface area (Å²) in [7, 11) is 1.11. The molecule has 0 heterocycles. The van der Waals surface area contributed by atoms with Crippen LogP contribution < -0.4 is 5.32 Å². The number of hydrogen-bond acceptors (Lipinski definition) is 1. The highest BCUT2D eigenvalue weighted by atomic mass is 19.4. The zero-order chi connectivity index (χ0) is 16.3. The second-order valence-electron chi connectivity index (χ2n) is 4.28. The van der Waals surface area contributed by atoms with E-state index in [2.05, 4.69) is 0 Å². The van der Waals surface area contributed by atoms with Gasteiger partial charge in [0, 0.05) is 13.6 Å². The number of nitrogens with one attached hydrogen (secondary N) is 1. The Morgan fingerprint density at radius 3 is 2.24 bits per heavy atom. The van der Waals surface area contributed by atoms with Crippen molar-refractivity contribution in [1.82, 2.24) is 10.2 Å². The highest BCUT2D eigenvalue weighted by molar-refractivity contribution is 5.73. The molecule has 0 radical (unpaired) electrons. The van der Waals surface area contributed by atoms with Gasteiger partial charge in [-0.3, -0.25) is 0 Å². The van der Waals surface area contributed by atoms with Crippen molar-refractivity contribution >= 4 is 6.03 Å². The lowest BCUT2D eigenvalue weighted by molar-refractivity contribution is -0.138. The number of carbonyl (C=O) groups is 1. The van der Waals surface area contributed by atoms with E-state index in [0.29, 0.717) is 0 Å². The van der Waals surface area contributed by atoms with E-state index in [1.807, 2.05) is 0 Å². The first kappa shape index (κ1) is 17.1. The Hall–Kier alpha value is -1.93. The maximum Gasteiger partial charge on any atom is 0.416 e. The van der Waals surface area contributed by atoms with Gasteiger partial charge in [-0.05, 0) is 11.6 Å². The van der Waals surface area contributed by atoms with Crippen LogP contribution in [0, 0.1) is 0 Å². The minimum atomic E-state index is -4.60. The number of urea groups is 1. The number of nitrogens with zero attached hydrogens (tertiary/aromatic N) is 1. The van der Waals surface area contributed by atoms with Crippen LogP contribution in [0.4, 0.5) is 31.1 Å². The van der Waals surface area contributed by atoms with Crippen LogP contribution in [0.3, 0.4) is 0 Å². The maximum absolute atomic E-state index is 12.7. The summed E-state index contributed by atoms with van der Waals surface area (Å²) >= 11 is 0. The number of halogens is 6. The minimum absolute atomic E-state index is 0.199. The van der Waals surface area contributed by atoms with Crippen LogP contribution >= 0.6 is 0 Å². The summed E-state index contributed by atoms with van der Waals surface area (Å²) in [6.07, 6.45) is -9.18. The highest BCUT2D eigenvalue weighted by Crippen LogP contribution is 2.32. The van der Waals surface area contributed by atoms with E-state index in [1.54, 1.807) is 5.32 Å². The first-order valence-electron chi connectivity index (χ1n) is 5.71. The summed E-state index contributed by atoms with van der Waals surface area (Å²) in [5, 5.41) is 1.58. The molecule has 3 nitrogen and oxygen atoms in total. The van der Waals surface area contributed by atoms with Crippen molar-refractivity contribution in [2.45, 2.75) is 18.9 Å². The largest absolute Gasteiger partial charge is 0.416 e. The number of hydrogen-bond donors (Lipinski definition) is 1. The Kier molecular flexibility index (Phi) is 5.08. The molecule has 0 saturated carbocycles. The third-order valence-corrected chi connectivity index (χ3v) is 2.52. The van der Waals surface area contributed by atoms with E-state index in [-0.39, 0.29) is 5.56 Å². The molecule has 0 spiro atoms. The number of benzene rings is 1. The van der Waals surface area contributed by atoms with Crippen LogP contribution in [-0.2, 0) is 12.7 Å². The van der Waals surface area contributed by atoms with Crippen LogP contribution in [0.2, 0.25) is 0 Å². The summed E-state index contributed by atoms with van der Waals surface area (Å²) < 4.78 is 74.0. The topological polar surface area (TPSA) is 32.3 Å². The second-order valence-corrected chi connectivity index (χ2v) is 4.28. The second kappa shape index (κ2) is 6.23. The lowest BCUT2D eigenvalue weighted by Gasteiger charge is -2.21. The van der Waals surface area contributed by atoms with Gasteiger partial charge in [0.05, 0.1) is 5.56 Å². The van der Waals surface area contributed by atoms with Gasteiger partial charge in [-0.1, -0.05) is 18.2 Å². The van der Waals surface area contributed by atoms with Crippen LogP contribution in [-0.4, -0.2) is 30.7 Å². The third-order valence-electron chi connectivity index (χ3n) is 2.52. The van der Waals surface area contributed by atoms with Gasteiger partial charge < -0.3 is 10.2 Å². The molecule has 0 bridgehead atoms. The van der Waals surface area contributed by atoms with Gasteiger partial charge in [0.25, 0.3) is 0 Å². The smallest absolute Gasteiger partial charge is 0.329 e. The number of amides is 2. The molecule has 0 atom stereocenters. The zero-order valence-electron chi connectivity index (χ0n) is 10.8. The van der Waals surface area contributed by atoms with Gasteiger partial charge in [0.15, 0.2) is 0 Å². The Morgan fingerprint density at radius 1 is 1.14 bits per heavy atom. The summed E-state index contributed by atoms with van der Waals surface area (Å²) in [6, 6.07) is 3.44. The lowest BCUT2D eigenvalue weighted by atomic mass is 10.1. The van der Waals surface area contributed by atoms with E-state index in [4.69, 9.17) is 0 Å².